The summed E-state index contributed by atoms with van der Waals surface area (Å²) in [6.45, 7) is 4.84. The highest BCUT2D eigenvalue weighted by Gasteiger charge is 2.25. The van der Waals surface area contributed by atoms with Gasteiger partial charge in [0.15, 0.2) is 0 Å². The van der Waals surface area contributed by atoms with E-state index in [9.17, 15) is 4.79 Å². The van der Waals surface area contributed by atoms with Gasteiger partial charge in [-0.1, -0.05) is 0 Å². The summed E-state index contributed by atoms with van der Waals surface area (Å²) >= 11 is 1.42. The average molecular weight is 239 g/mol. The first kappa shape index (κ1) is 11.5. The number of piperidine rings is 1. The summed E-state index contributed by atoms with van der Waals surface area (Å²) in [5.74, 6) is 0.136. The van der Waals surface area contributed by atoms with E-state index in [0.717, 1.165) is 37.4 Å². The average Bonchev–Trinajstić information content (AvgIpc) is 2.85. The quantitative estimate of drug-likeness (QED) is 0.866. The van der Waals surface area contributed by atoms with Crippen LogP contribution in [-0.4, -0.2) is 41.5 Å². The molecule has 4 nitrogen and oxygen atoms in total. The summed E-state index contributed by atoms with van der Waals surface area (Å²) in [6, 6.07) is 0.390. The molecule has 1 aliphatic heterocycles. The first-order valence-corrected chi connectivity index (χ1v) is 6.61. The van der Waals surface area contributed by atoms with E-state index in [1.165, 1.54) is 11.3 Å². The fourth-order valence-corrected chi connectivity index (χ4v) is 2.72. The molecule has 2 heterocycles. The number of nitrogens with zero attached hydrogens (tertiary/aromatic N) is 2. The standard InChI is InChI=1S/C11H17N3OS/c1-2-14(9-3-5-12-6-4-9)11(15)10-7-13-8-16-10/h7-9,12H,2-6H2,1H3. The van der Waals surface area contributed by atoms with Gasteiger partial charge in [0.2, 0.25) is 0 Å². The Hall–Kier alpha value is -0.940. The number of carbonyl (C=O) groups excluding carboxylic acids is 1. The topological polar surface area (TPSA) is 45.2 Å². The summed E-state index contributed by atoms with van der Waals surface area (Å²) in [7, 11) is 0. The molecule has 0 bridgehead atoms. The van der Waals surface area contributed by atoms with Crippen LogP contribution < -0.4 is 5.32 Å². The summed E-state index contributed by atoms with van der Waals surface area (Å²) in [6.07, 6.45) is 3.77. The summed E-state index contributed by atoms with van der Waals surface area (Å²) in [5.41, 5.74) is 1.71. The largest absolute Gasteiger partial charge is 0.335 e. The van der Waals surface area contributed by atoms with Crippen LogP contribution in [0.15, 0.2) is 11.7 Å². The van der Waals surface area contributed by atoms with Crippen LogP contribution in [0.2, 0.25) is 0 Å². The van der Waals surface area contributed by atoms with Crippen molar-refractivity contribution in [1.29, 1.82) is 0 Å². The third-order valence-electron chi connectivity index (χ3n) is 2.99. The number of carbonyl (C=O) groups is 1. The maximum atomic E-state index is 12.2. The van der Waals surface area contributed by atoms with Gasteiger partial charge in [-0.2, -0.15) is 0 Å². The molecule has 1 saturated heterocycles. The fourth-order valence-electron chi connectivity index (χ4n) is 2.15. The molecule has 0 aliphatic carbocycles. The van der Waals surface area contributed by atoms with E-state index in [2.05, 4.69) is 10.3 Å². The molecule has 2 rings (SSSR count). The van der Waals surface area contributed by atoms with E-state index in [-0.39, 0.29) is 5.91 Å². The van der Waals surface area contributed by atoms with Crippen LogP contribution >= 0.6 is 11.3 Å². The Morgan fingerprint density at radius 2 is 2.38 bits per heavy atom. The van der Waals surface area contributed by atoms with Gasteiger partial charge in [0.25, 0.3) is 5.91 Å². The van der Waals surface area contributed by atoms with Crippen LogP contribution in [-0.2, 0) is 0 Å². The normalized spacial score (nSPS) is 17.3. The SMILES string of the molecule is CCN(C(=O)c1cncs1)C1CCNCC1. The molecule has 88 valence electrons. The lowest BCUT2D eigenvalue weighted by Gasteiger charge is -2.33. The molecule has 5 heteroatoms. The van der Waals surface area contributed by atoms with Gasteiger partial charge in [0.1, 0.15) is 4.88 Å². The van der Waals surface area contributed by atoms with Gasteiger partial charge in [-0.15, -0.1) is 11.3 Å². The number of hydrogen-bond acceptors (Lipinski definition) is 4. The smallest absolute Gasteiger partial charge is 0.265 e. The Labute approximate surface area is 99.7 Å². The first-order chi connectivity index (χ1) is 7.83. The second-order valence-electron chi connectivity index (χ2n) is 3.94. The highest BCUT2D eigenvalue weighted by atomic mass is 32.1. The summed E-state index contributed by atoms with van der Waals surface area (Å²) in [5, 5.41) is 3.32. The number of thiazole rings is 1. The predicted molar refractivity (Wildman–Crippen MR) is 64.7 cm³/mol. The molecule has 0 radical (unpaired) electrons. The van der Waals surface area contributed by atoms with Crippen LogP contribution in [0.25, 0.3) is 0 Å². The highest BCUT2D eigenvalue weighted by molar-refractivity contribution is 7.11. The lowest BCUT2D eigenvalue weighted by Crippen LogP contribution is -2.45. The van der Waals surface area contributed by atoms with Crippen molar-refractivity contribution in [2.45, 2.75) is 25.8 Å². The van der Waals surface area contributed by atoms with Crippen LogP contribution in [0.3, 0.4) is 0 Å². The van der Waals surface area contributed by atoms with Crippen molar-refractivity contribution in [2.24, 2.45) is 0 Å². The van der Waals surface area contributed by atoms with Crippen molar-refractivity contribution in [3.05, 3.63) is 16.6 Å². The highest BCUT2D eigenvalue weighted by Crippen LogP contribution is 2.17. The van der Waals surface area contributed by atoms with Gasteiger partial charge >= 0.3 is 0 Å². The Bertz CT molecular complexity index is 333. The third-order valence-corrected chi connectivity index (χ3v) is 3.76. The molecule has 1 fully saturated rings. The third kappa shape index (κ3) is 2.41. The lowest BCUT2D eigenvalue weighted by molar-refractivity contribution is 0.0661. The minimum absolute atomic E-state index is 0.136. The van der Waals surface area contributed by atoms with Crippen molar-refractivity contribution in [1.82, 2.24) is 15.2 Å². The molecule has 1 aromatic heterocycles. The monoisotopic (exact) mass is 239 g/mol. The molecule has 0 saturated carbocycles. The summed E-state index contributed by atoms with van der Waals surface area (Å²) in [4.78, 5) is 18.9. The van der Waals surface area contributed by atoms with Crippen LogP contribution in [0.4, 0.5) is 0 Å². The zero-order chi connectivity index (χ0) is 11.4. The second kappa shape index (κ2) is 5.41. The number of aromatic nitrogens is 1. The fraction of sp³-hybridized carbons (Fsp3) is 0.636. The Balaban J connectivity index is 2.06. The molecular formula is C11H17N3OS. The van der Waals surface area contributed by atoms with Crippen molar-refractivity contribution in [3.8, 4) is 0 Å². The van der Waals surface area contributed by atoms with E-state index in [0.29, 0.717) is 6.04 Å². The zero-order valence-corrected chi connectivity index (χ0v) is 10.3. The van der Waals surface area contributed by atoms with E-state index in [1.54, 1.807) is 11.7 Å². The van der Waals surface area contributed by atoms with Crippen molar-refractivity contribution in [2.75, 3.05) is 19.6 Å². The van der Waals surface area contributed by atoms with Crippen molar-refractivity contribution >= 4 is 17.2 Å². The molecule has 0 spiro atoms. The maximum Gasteiger partial charge on any atom is 0.265 e. The van der Waals surface area contributed by atoms with Crippen molar-refractivity contribution in [3.63, 3.8) is 0 Å². The van der Waals surface area contributed by atoms with Gasteiger partial charge in [-0.3, -0.25) is 9.78 Å². The minimum Gasteiger partial charge on any atom is -0.335 e. The van der Waals surface area contributed by atoms with Gasteiger partial charge < -0.3 is 10.2 Å². The number of rotatable bonds is 3. The molecule has 1 aliphatic rings. The molecule has 1 aromatic rings. The molecule has 16 heavy (non-hydrogen) atoms. The maximum absolute atomic E-state index is 12.2. The Kier molecular flexibility index (Phi) is 3.90. The molecule has 1 amide bonds. The number of amides is 1. The van der Waals surface area contributed by atoms with Gasteiger partial charge in [-0.05, 0) is 32.9 Å². The number of nitrogens with one attached hydrogen (secondary N) is 1. The predicted octanol–water partition coefficient (Wildman–Crippen LogP) is 1.36. The van der Waals surface area contributed by atoms with E-state index in [1.807, 2.05) is 11.8 Å². The Morgan fingerprint density at radius 1 is 1.62 bits per heavy atom. The minimum atomic E-state index is 0.136. The van der Waals surface area contributed by atoms with Gasteiger partial charge in [0.05, 0.1) is 11.7 Å². The van der Waals surface area contributed by atoms with Crippen LogP contribution in [0.5, 0.6) is 0 Å². The molecule has 0 unspecified atom stereocenters. The van der Waals surface area contributed by atoms with E-state index in [4.69, 9.17) is 0 Å². The molecule has 0 aromatic carbocycles. The van der Waals surface area contributed by atoms with Gasteiger partial charge in [0, 0.05) is 12.6 Å². The Morgan fingerprint density at radius 3 is 2.94 bits per heavy atom. The summed E-state index contributed by atoms with van der Waals surface area (Å²) < 4.78 is 0. The molecule has 0 atom stereocenters. The molecule has 1 N–H and O–H groups in total. The van der Waals surface area contributed by atoms with Crippen LogP contribution in [0.1, 0.15) is 29.4 Å². The van der Waals surface area contributed by atoms with Crippen molar-refractivity contribution < 1.29 is 4.79 Å². The zero-order valence-electron chi connectivity index (χ0n) is 9.48. The second-order valence-corrected chi connectivity index (χ2v) is 4.82. The number of hydrogen-bond donors (Lipinski definition) is 1. The van der Waals surface area contributed by atoms with E-state index < -0.39 is 0 Å². The lowest BCUT2D eigenvalue weighted by atomic mass is 10.0. The van der Waals surface area contributed by atoms with Crippen LogP contribution in [0, 0.1) is 0 Å². The first-order valence-electron chi connectivity index (χ1n) is 5.73. The molecular weight excluding hydrogens is 222 g/mol. The van der Waals surface area contributed by atoms with Gasteiger partial charge in [-0.25, -0.2) is 0 Å². The van der Waals surface area contributed by atoms with E-state index >= 15 is 0 Å².